The van der Waals surface area contributed by atoms with Crippen molar-refractivity contribution in [1.82, 2.24) is 10.3 Å². The van der Waals surface area contributed by atoms with Crippen LogP contribution < -0.4 is 11.1 Å². The molecular weight excluding hydrogens is 321 g/mol. The van der Waals surface area contributed by atoms with Crippen LogP contribution in [0.4, 0.5) is 0 Å². The van der Waals surface area contributed by atoms with Gasteiger partial charge in [0.1, 0.15) is 0 Å². The molecule has 1 atom stereocenters. The third-order valence-corrected chi connectivity index (χ3v) is 3.12. The quantitative estimate of drug-likeness (QED) is 0.898. The zero-order valence-electron chi connectivity index (χ0n) is 12.6. The van der Waals surface area contributed by atoms with Gasteiger partial charge in [0.05, 0.1) is 5.56 Å². The Balaban J connectivity index is 0.00000220. The van der Waals surface area contributed by atoms with E-state index in [1.165, 1.54) is 5.56 Å². The highest BCUT2D eigenvalue weighted by Crippen LogP contribution is 2.19. The molecule has 1 aromatic carbocycles. The molecule has 0 aliphatic heterocycles. The van der Waals surface area contributed by atoms with Crippen LogP contribution in [0.2, 0.25) is 0 Å². The van der Waals surface area contributed by atoms with Gasteiger partial charge in [-0.15, -0.1) is 24.8 Å². The van der Waals surface area contributed by atoms with Gasteiger partial charge < -0.3 is 11.1 Å². The molecule has 0 radical (unpaired) electrons. The van der Waals surface area contributed by atoms with Crippen molar-refractivity contribution < 1.29 is 4.79 Å². The molecule has 1 heterocycles. The first-order valence-corrected chi connectivity index (χ1v) is 6.63. The first-order valence-electron chi connectivity index (χ1n) is 6.63. The minimum Gasteiger partial charge on any atom is -0.348 e. The van der Waals surface area contributed by atoms with Crippen molar-refractivity contribution >= 4 is 30.7 Å². The highest BCUT2D eigenvalue weighted by Gasteiger charge is 2.10. The topological polar surface area (TPSA) is 68.0 Å². The Labute approximate surface area is 143 Å². The minimum absolute atomic E-state index is 0. The Morgan fingerprint density at radius 2 is 1.82 bits per heavy atom. The summed E-state index contributed by atoms with van der Waals surface area (Å²) in [6.07, 6.45) is 3.32. The zero-order valence-corrected chi connectivity index (χ0v) is 14.2. The lowest BCUT2D eigenvalue weighted by Crippen LogP contribution is -2.37. The second-order valence-corrected chi connectivity index (χ2v) is 4.94. The highest BCUT2D eigenvalue weighted by molar-refractivity contribution is 5.95. The Bertz CT molecular complexity index is 603. The number of aryl methyl sites for hydroxylation is 1. The third kappa shape index (κ3) is 5.30. The molecule has 120 valence electrons. The highest BCUT2D eigenvalue weighted by atomic mass is 35.5. The van der Waals surface area contributed by atoms with Crippen LogP contribution in [0.25, 0.3) is 11.1 Å². The van der Waals surface area contributed by atoms with Gasteiger partial charge in [0.15, 0.2) is 0 Å². The van der Waals surface area contributed by atoms with Crippen molar-refractivity contribution in [3.05, 3.63) is 53.9 Å². The number of nitrogens with one attached hydrogen (secondary N) is 1. The molecule has 2 aromatic rings. The standard InChI is InChI=1S/C16H19N3O.2ClH/c1-11-3-5-13(6-4-11)14-7-15(10-18-9-14)16(20)19-12(2)8-17;;/h3-7,9-10,12H,8,17H2,1-2H3,(H,19,20);2*1H/t12-;;/m0../s1. The van der Waals surface area contributed by atoms with Crippen LogP contribution in [0.15, 0.2) is 42.7 Å². The molecule has 1 aromatic heterocycles. The molecule has 0 aliphatic rings. The molecule has 4 nitrogen and oxygen atoms in total. The minimum atomic E-state index is -0.149. The van der Waals surface area contributed by atoms with E-state index in [-0.39, 0.29) is 36.8 Å². The van der Waals surface area contributed by atoms with E-state index in [1.807, 2.05) is 44.2 Å². The predicted octanol–water partition coefficient (Wildman–Crippen LogP) is 2.98. The lowest BCUT2D eigenvalue weighted by Gasteiger charge is -2.11. The van der Waals surface area contributed by atoms with E-state index < -0.39 is 0 Å². The van der Waals surface area contributed by atoms with E-state index >= 15 is 0 Å². The van der Waals surface area contributed by atoms with Gasteiger partial charge >= 0.3 is 0 Å². The second-order valence-electron chi connectivity index (χ2n) is 4.94. The van der Waals surface area contributed by atoms with Crippen molar-refractivity contribution in [3.63, 3.8) is 0 Å². The first-order chi connectivity index (χ1) is 9.60. The van der Waals surface area contributed by atoms with E-state index in [9.17, 15) is 4.79 Å². The smallest absolute Gasteiger partial charge is 0.253 e. The normalized spacial score (nSPS) is 10.9. The number of nitrogens with zero attached hydrogens (tertiary/aromatic N) is 1. The number of nitrogens with two attached hydrogens (primary N) is 1. The summed E-state index contributed by atoms with van der Waals surface area (Å²) in [5, 5.41) is 2.83. The molecule has 6 heteroatoms. The summed E-state index contributed by atoms with van der Waals surface area (Å²) >= 11 is 0. The SMILES string of the molecule is Cc1ccc(-c2cncc(C(=O)N[C@@H](C)CN)c2)cc1.Cl.Cl. The molecule has 0 saturated carbocycles. The van der Waals surface area contributed by atoms with E-state index in [2.05, 4.69) is 10.3 Å². The van der Waals surface area contributed by atoms with E-state index in [0.29, 0.717) is 12.1 Å². The van der Waals surface area contributed by atoms with Gasteiger partial charge in [0.2, 0.25) is 0 Å². The van der Waals surface area contributed by atoms with Crippen LogP contribution in [0.3, 0.4) is 0 Å². The second kappa shape index (κ2) is 9.41. The van der Waals surface area contributed by atoms with Crippen LogP contribution in [0.5, 0.6) is 0 Å². The van der Waals surface area contributed by atoms with E-state index in [0.717, 1.165) is 11.1 Å². The molecule has 0 spiro atoms. The molecular formula is C16H21Cl2N3O. The fraction of sp³-hybridized carbons (Fsp3) is 0.250. The van der Waals surface area contributed by atoms with Crippen molar-refractivity contribution in [1.29, 1.82) is 0 Å². The molecule has 0 saturated heterocycles. The fourth-order valence-electron chi connectivity index (χ4n) is 1.83. The number of pyridine rings is 1. The number of hydrogen-bond donors (Lipinski definition) is 2. The lowest BCUT2D eigenvalue weighted by atomic mass is 10.0. The van der Waals surface area contributed by atoms with Crippen LogP contribution in [0.1, 0.15) is 22.8 Å². The Morgan fingerprint density at radius 1 is 1.18 bits per heavy atom. The van der Waals surface area contributed by atoms with Gasteiger partial charge in [-0.05, 0) is 25.5 Å². The van der Waals surface area contributed by atoms with E-state index in [4.69, 9.17) is 5.73 Å². The van der Waals surface area contributed by atoms with Crippen LogP contribution in [-0.2, 0) is 0 Å². The number of aromatic nitrogens is 1. The van der Waals surface area contributed by atoms with Gasteiger partial charge in [0, 0.05) is 30.5 Å². The summed E-state index contributed by atoms with van der Waals surface area (Å²) < 4.78 is 0. The summed E-state index contributed by atoms with van der Waals surface area (Å²) in [6.45, 7) is 4.33. The molecule has 0 bridgehead atoms. The van der Waals surface area contributed by atoms with Gasteiger partial charge in [-0.1, -0.05) is 29.8 Å². The third-order valence-electron chi connectivity index (χ3n) is 3.12. The van der Waals surface area contributed by atoms with Gasteiger partial charge in [-0.25, -0.2) is 0 Å². The Kier molecular flexibility index (Phi) is 8.72. The average molecular weight is 342 g/mol. The summed E-state index contributed by atoms with van der Waals surface area (Å²) in [7, 11) is 0. The molecule has 2 rings (SSSR count). The maximum atomic E-state index is 12.0. The van der Waals surface area contributed by atoms with Gasteiger partial charge in [-0.2, -0.15) is 0 Å². The average Bonchev–Trinajstić information content (AvgIpc) is 2.48. The van der Waals surface area contributed by atoms with Crippen LogP contribution in [0, 0.1) is 6.92 Å². The summed E-state index contributed by atoms with van der Waals surface area (Å²) in [4.78, 5) is 16.2. The molecule has 0 unspecified atom stereocenters. The zero-order chi connectivity index (χ0) is 14.5. The van der Waals surface area contributed by atoms with Crippen molar-refractivity contribution in [3.8, 4) is 11.1 Å². The molecule has 0 aliphatic carbocycles. The number of carbonyl (C=O) groups excluding carboxylic acids is 1. The first kappa shape index (κ1) is 20.4. The summed E-state index contributed by atoms with van der Waals surface area (Å²) in [6, 6.07) is 9.92. The van der Waals surface area contributed by atoms with Gasteiger partial charge in [0.25, 0.3) is 5.91 Å². The fourth-order valence-corrected chi connectivity index (χ4v) is 1.83. The number of amides is 1. The number of halogens is 2. The maximum absolute atomic E-state index is 12.0. The largest absolute Gasteiger partial charge is 0.348 e. The number of rotatable bonds is 4. The number of benzene rings is 1. The monoisotopic (exact) mass is 341 g/mol. The van der Waals surface area contributed by atoms with Crippen molar-refractivity contribution in [2.24, 2.45) is 5.73 Å². The molecule has 1 amide bonds. The van der Waals surface area contributed by atoms with Crippen LogP contribution in [-0.4, -0.2) is 23.5 Å². The predicted molar refractivity (Wildman–Crippen MR) is 94.9 cm³/mol. The summed E-state index contributed by atoms with van der Waals surface area (Å²) in [5.41, 5.74) is 9.22. The van der Waals surface area contributed by atoms with E-state index in [1.54, 1.807) is 12.4 Å². The van der Waals surface area contributed by atoms with Crippen LogP contribution >= 0.6 is 24.8 Å². The Hall–Kier alpha value is -1.62. The van der Waals surface area contributed by atoms with Crippen molar-refractivity contribution in [2.45, 2.75) is 19.9 Å². The lowest BCUT2D eigenvalue weighted by molar-refractivity contribution is 0.0941. The summed E-state index contributed by atoms with van der Waals surface area (Å²) in [5.74, 6) is -0.149. The maximum Gasteiger partial charge on any atom is 0.253 e. The Morgan fingerprint density at radius 3 is 2.41 bits per heavy atom. The molecule has 22 heavy (non-hydrogen) atoms. The number of carbonyl (C=O) groups is 1. The molecule has 3 N–H and O–H groups in total. The molecule has 0 fully saturated rings. The van der Waals surface area contributed by atoms with Crippen molar-refractivity contribution in [2.75, 3.05) is 6.54 Å². The number of hydrogen-bond acceptors (Lipinski definition) is 3. The van der Waals surface area contributed by atoms with Gasteiger partial charge in [-0.3, -0.25) is 9.78 Å².